The molecule has 0 bridgehead atoms. The summed E-state index contributed by atoms with van der Waals surface area (Å²) in [4.78, 5) is 18.2. The Labute approximate surface area is 90.3 Å². The number of primary amides is 1. The number of carbonyl (C=O) groups is 1. The number of H-pyrrole nitrogens is 1. The summed E-state index contributed by atoms with van der Waals surface area (Å²) in [5.41, 5.74) is 6.46. The van der Waals surface area contributed by atoms with Gasteiger partial charge in [0, 0.05) is 24.2 Å². The number of nitrogens with one attached hydrogen (secondary N) is 1. The Bertz CT molecular complexity index is 311. The summed E-state index contributed by atoms with van der Waals surface area (Å²) in [6, 6.07) is 0. The van der Waals surface area contributed by atoms with Crippen LogP contribution in [0.3, 0.4) is 0 Å². The molecule has 0 aliphatic heterocycles. The minimum atomic E-state index is -0.237. The van der Waals surface area contributed by atoms with Crippen molar-refractivity contribution >= 4 is 5.91 Å². The van der Waals surface area contributed by atoms with Gasteiger partial charge in [0.25, 0.3) is 0 Å². The predicted molar refractivity (Wildman–Crippen MR) is 59.0 cm³/mol. The van der Waals surface area contributed by atoms with E-state index in [0.717, 1.165) is 12.1 Å². The first kappa shape index (κ1) is 11.8. The molecule has 0 saturated carbocycles. The first-order valence-corrected chi connectivity index (χ1v) is 5.15. The fourth-order valence-electron chi connectivity index (χ4n) is 1.67. The largest absolute Gasteiger partial charge is 0.369 e. The third-order valence-electron chi connectivity index (χ3n) is 2.28. The maximum atomic E-state index is 11.3. The lowest BCUT2D eigenvalue weighted by Gasteiger charge is -2.23. The Morgan fingerprint density at radius 1 is 1.60 bits per heavy atom. The van der Waals surface area contributed by atoms with E-state index in [2.05, 4.69) is 30.7 Å². The van der Waals surface area contributed by atoms with Gasteiger partial charge >= 0.3 is 0 Å². The van der Waals surface area contributed by atoms with Gasteiger partial charge in [-0.05, 0) is 11.8 Å². The normalized spacial score (nSPS) is 13.8. The molecule has 1 aromatic heterocycles. The van der Waals surface area contributed by atoms with Gasteiger partial charge < -0.3 is 10.7 Å². The molecule has 1 heterocycles. The van der Waals surface area contributed by atoms with Crippen molar-refractivity contribution in [2.75, 3.05) is 0 Å². The standard InChI is InChI=1S/C11H19N3O/c1-11(2,3)5-8(10(12)15)4-9-6-13-7-14-9/h6-8H,4-5H2,1-3H3,(H2,12,15)(H,13,14)/t8-/m0/s1. The van der Waals surface area contributed by atoms with Crippen molar-refractivity contribution in [1.29, 1.82) is 0 Å². The summed E-state index contributed by atoms with van der Waals surface area (Å²) >= 11 is 0. The van der Waals surface area contributed by atoms with Gasteiger partial charge in [-0.2, -0.15) is 0 Å². The molecule has 0 fully saturated rings. The summed E-state index contributed by atoms with van der Waals surface area (Å²) in [7, 11) is 0. The van der Waals surface area contributed by atoms with Crippen LogP contribution in [0.1, 0.15) is 32.9 Å². The molecular formula is C11H19N3O. The van der Waals surface area contributed by atoms with Gasteiger partial charge in [-0.15, -0.1) is 0 Å². The summed E-state index contributed by atoms with van der Waals surface area (Å²) in [5.74, 6) is -0.357. The number of amides is 1. The number of hydrogen-bond donors (Lipinski definition) is 2. The first-order valence-electron chi connectivity index (χ1n) is 5.15. The number of carbonyl (C=O) groups excluding carboxylic acids is 1. The van der Waals surface area contributed by atoms with Gasteiger partial charge in [-0.25, -0.2) is 4.98 Å². The molecule has 4 nitrogen and oxygen atoms in total. The number of aromatic amines is 1. The van der Waals surface area contributed by atoms with Gasteiger partial charge in [0.1, 0.15) is 0 Å². The topological polar surface area (TPSA) is 71.8 Å². The van der Waals surface area contributed by atoms with Crippen LogP contribution in [0.15, 0.2) is 12.5 Å². The molecule has 0 aliphatic rings. The Balaban J connectivity index is 2.63. The molecule has 0 aromatic carbocycles. The highest BCUT2D eigenvalue weighted by atomic mass is 16.1. The second-order valence-electron chi connectivity index (χ2n) is 5.15. The van der Waals surface area contributed by atoms with Gasteiger partial charge in [0.2, 0.25) is 5.91 Å². The summed E-state index contributed by atoms with van der Waals surface area (Å²) in [6.07, 6.45) is 4.79. The van der Waals surface area contributed by atoms with Gasteiger partial charge in [0.15, 0.2) is 0 Å². The van der Waals surface area contributed by atoms with E-state index in [9.17, 15) is 4.79 Å². The van der Waals surface area contributed by atoms with E-state index in [4.69, 9.17) is 5.73 Å². The highest BCUT2D eigenvalue weighted by Gasteiger charge is 2.23. The Morgan fingerprint density at radius 3 is 2.67 bits per heavy atom. The molecule has 3 N–H and O–H groups in total. The molecule has 0 saturated heterocycles. The number of rotatable bonds is 4. The lowest BCUT2D eigenvalue weighted by atomic mass is 9.82. The summed E-state index contributed by atoms with van der Waals surface area (Å²) in [6.45, 7) is 6.32. The van der Waals surface area contributed by atoms with E-state index >= 15 is 0 Å². The third-order valence-corrected chi connectivity index (χ3v) is 2.28. The lowest BCUT2D eigenvalue weighted by Crippen LogP contribution is -2.29. The molecule has 15 heavy (non-hydrogen) atoms. The monoisotopic (exact) mass is 209 g/mol. The second-order valence-corrected chi connectivity index (χ2v) is 5.15. The minimum Gasteiger partial charge on any atom is -0.369 e. The van der Waals surface area contributed by atoms with Crippen LogP contribution in [0, 0.1) is 11.3 Å². The maximum absolute atomic E-state index is 11.3. The Morgan fingerprint density at radius 2 is 2.27 bits per heavy atom. The molecule has 0 unspecified atom stereocenters. The number of nitrogens with zero attached hydrogens (tertiary/aromatic N) is 1. The molecule has 1 aromatic rings. The molecule has 84 valence electrons. The molecule has 0 aliphatic carbocycles. The fraction of sp³-hybridized carbons (Fsp3) is 0.636. The highest BCUT2D eigenvalue weighted by molar-refractivity contribution is 5.76. The van der Waals surface area contributed by atoms with E-state index < -0.39 is 0 Å². The van der Waals surface area contributed by atoms with Crippen molar-refractivity contribution < 1.29 is 4.79 Å². The van der Waals surface area contributed by atoms with Crippen molar-refractivity contribution in [3.05, 3.63) is 18.2 Å². The zero-order chi connectivity index (χ0) is 11.5. The average Bonchev–Trinajstić information content (AvgIpc) is 2.52. The molecule has 0 spiro atoms. The molecule has 1 amide bonds. The van der Waals surface area contributed by atoms with Crippen molar-refractivity contribution in [3.8, 4) is 0 Å². The highest BCUT2D eigenvalue weighted by Crippen LogP contribution is 2.26. The van der Waals surface area contributed by atoms with Crippen LogP contribution in [0.2, 0.25) is 0 Å². The molecule has 0 radical (unpaired) electrons. The van der Waals surface area contributed by atoms with Crippen LogP contribution in [-0.2, 0) is 11.2 Å². The van der Waals surface area contributed by atoms with E-state index in [1.165, 1.54) is 0 Å². The molecule has 1 rings (SSSR count). The maximum Gasteiger partial charge on any atom is 0.220 e. The second kappa shape index (κ2) is 4.47. The van der Waals surface area contributed by atoms with Crippen molar-refractivity contribution in [1.82, 2.24) is 9.97 Å². The minimum absolute atomic E-state index is 0.111. The van der Waals surface area contributed by atoms with Crippen molar-refractivity contribution in [2.24, 2.45) is 17.1 Å². The van der Waals surface area contributed by atoms with Crippen LogP contribution < -0.4 is 5.73 Å². The number of imidazole rings is 1. The number of hydrogen-bond acceptors (Lipinski definition) is 2. The zero-order valence-electron chi connectivity index (χ0n) is 9.58. The van der Waals surface area contributed by atoms with E-state index in [1.54, 1.807) is 12.5 Å². The van der Waals surface area contributed by atoms with E-state index in [1.807, 2.05) is 0 Å². The summed E-state index contributed by atoms with van der Waals surface area (Å²) < 4.78 is 0. The van der Waals surface area contributed by atoms with E-state index in [0.29, 0.717) is 6.42 Å². The van der Waals surface area contributed by atoms with Crippen LogP contribution in [0.25, 0.3) is 0 Å². The molecular weight excluding hydrogens is 190 g/mol. The van der Waals surface area contributed by atoms with Gasteiger partial charge in [0.05, 0.1) is 6.33 Å². The van der Waals surface area contributed by atoms with Crippen LogP contribution in [-0.4, -0.2) is 15.9 Å². The van der Waals surface area contributed by atoms with Crippen LogP contribution >= 0.6 is 0 Å². The lowest BCUT2D eigenvalue weighted by molar-refractivity contribution is -0.122. The Kier molecular flexibility index (Phi) is 3.50. The zero-order valence-corrected chi connectivity index (χ0v) is 9.58. The smallest absolute Gasteiger partial charge is 0.220 e. The quantitative estimate of drug-likeness (QED) is 0.788. The predicted octanol–water partition coefficient (Wildman–Crippen LogP) is 1.49. The number of nitrogens with two attached hydrogens (primary N) is 1. The van der Waals surface area contributed by atoms with Crippen molar-refractivity contribution in [3.63, 3.8) is 0 Å². The van der Waals surface area contributed by atoms with Gasteiger partial charge in [-0.1, -0.05) is 20.8 Å². The van der Waals surface area contributed by atoms with E-state index in [-0.39, 0.29) is 17.2 Å². The fourth-order valence-corrected chi connectivity index (χ4v) is 1.67. The van der Waals surface area contributed by atoms with Crippen molar-refractivity contribution in [2.45, 2.75) is 33.6 Å². The average molecular weight is 209 g/mol. The first-order chi connectivity index (χ1) is 6.88. The Hall–Kier alpha value is -1.32. The third kappa shape index (κ3) is 4.14. The SMILES string of the molecule is CC(C)(C)C[C@H](Cc1cnc[nH]1)C(N)=O. The number of aromatic nitrogens is 2. The van der Waals surface area contributed by atoms with Crippen LogP contribution in [0.4, 0.5) is 0 Å². The molecule has 4 heteroatoms. The van der Waals surface area contributed by atoms with Crippen LogP contribution in [0.5, 0.6) is 0 Å². The summed E-state index contributed by atoms with van der Waals surface area (Å²) in [5, 5.41) is 0. The van der Waals surface area contributed by atoms with Gasteiger partial charge in [-0.3, -0.25) is 4.79 Å². The molecule has 1 atom stereocenters.